The van der Waals surface area contributed by atoms with Gasteiger partial charge in [-0.3, -0.25) is 0 Å². The van der Waals surface area contributed by atoms with Gasteiger partial charge in [0.2, 0.25) is 10.0 Å². The highest BCUT2D eigenvalue weighted by atomic mass is 32.2. The molecule has 0 saturated carbocycles. The number of rotatable bonds is 5. The smallest absolute Gasteiger partial charge is 0.240 e. The number of aryl methyl sites for hydroxylation is 1. The lowest BCUT2D eigenvalue weighted by molar-refractivity contribution is 0.199. The Morgan fingerprint density at radius 2 is 1.90 bits per heavy atom. The molecule has 0 saturated heterocycles. The topological polar surface area (TPSA) is 66.4 Å². The molecule has 2 rings (SSSR count). The number of benzene rings is 1. The molecule has 1 unspecified atom stereocenters. The van der Waals surface area contributed by atoms with Crippen LogP contribution in [0.5, 0.6) is 0 Å². The Labute approximate surface area is 123 Å². The van der Waals surface area contributed by atoms with E-state index < -0.39 is 16.1 Å². The fourth-order valence-electron chi connectivity index (χ4n) is 1.75. The minimum Gasteiger partial charge on any atom is -0.389 e. The van der Waals surface area contributed by atoms with Gasteiger partial charge in [-0.05, 0) is 48.6 Å². The summed E-state index contributed by atoms with van der Waals surface area (Å²) in [5, 5.41) is 11.4. The summed E-state index contributed by atoms with van der Waals surface area (Å²) >= 11 is 1.53. The van der Waals surface area contributed by atoms with Crippen molar-refractivity contribution in [3.63, 3.8) is 0 Å². The van der Waals surface area contributed by atoms with Crippen LogP contribution in [0.15, 0.2) is 40.6 Å². The zero-order valence-electron chi connectivity index (χ0n) is 11.3. The molecule has 1 aromatic heterocycles. The summed E-state index contributed by atoms with van der Waals surface area (Å²) in [5.41, 5.74) is 1.78. The SMILES string of the molecule is Cc1ccsc1CNS(=O)(=O)c1ccc(C(C)O)cc1. The van der Waals surface area contributed by atoms with Crippen LogP contribution in [0.1, 0.15) is 29.0 Å². The number of aliphatic hydroxyl groups is 1. The van der Waals surface area contributed by atoms with Crippen LogP contribution in [0.25, 0.3) is 0 Å². The molecule has 2 N–H and O–H groups in total. The highest BCUT2D eigenvalue weighted by Gasteiger charge is 2.14. The summed E-state index contributed by atoms with van der Waals surface area (Å²) in [7, 11) is -3.52. The molecule has 108 valence electrons. The fraction of sp³-hybridized carbons (Fsp3) is 0.286. The van der Waals surface area contributed by atoms with Gasteiger partial charge in [-0.1, -0.05) is 12.1 Å². The van der Waals surface area contributed by atoms with Crippen LogP contribution >= 0.6 is 11.3 Å². The third-order valence-corrected chi connectivity index (χ3v) is 5.50. The molecule has 0 aliphatic carbocycles. The van der Waals surface area contributed by atoms with E-state index in [4.69, 9.17) is 0 Å². The van der Waals surface area contributed by atoms with Gasteiger partial charge in [-0.2, -0.15) is 0 Å². The standard InChI is InChI=1S/C14H17NO3S2/c1-10-7-8-19-14(10)9-15-20(17,18)13-5-3-12(4-6-13)11(2)16/h3-8,11,15-16H,9H2,1-2H3. The Morgan fingerprint density at radius 1 is 1.25 bits per heavy atom. The van der Waals surface area contributed by atoms with Crippen molar-refractivity contribution in [1.82, 2.24) is 4.72 Å². The van der Waals surface area contributed by atoms with Gasteiger partial charge in [0.25, 0.3) is 0 Å². The van der Waals surface area contributed by atoms with Crippen molar-refractivity contribution < 1.29 is 13.5 Å². The van der Waals surface area contributed by atoms with Gasteiger partial charge in [-0.25, -0.2) is 13.1 Å². The number of hydrogen-bond acceptors (Lipinski definition) is 4. The van der Waals surface area contributed by atoms with Crippen LogP contribution < -0.4 is 4.72 Å². The average molecular weight is 311 g/mol. The molecule has 0 fully saturated rings. The van der Waals surface area contributed by atoms with Crippen LogP contribution in [0.2, 0.25) is 0 Å². The van der Waals surface area contributed by atoms with Crippen LogP contribution in [0.3, 0.4) is 0 Å². The number of hydrogen-bond donors (Lipinski definition) is 2. The van der Waals surface area contributed by atoms with Gasteiger partial charge >= 0.3 is 0 Å². The summed E-state index contributed by atoms with van der Waals surface area (Å²) in [5.74, 6) is 0. The Bertz CT molecular complexity index is 673. The Kier molecular flexibility index (Phi) is 4.59. The zero-order valence-corrected chi connectivity index (χ0v) is 13.0. The maximum Gasteiger partial charge on any atom is 0.240 e. The molecular formula is C14H17NO3S2. The second-order valence-corrected chi connectivity index (χ2v) is 7.36. The molecule has 1 heterocycles. The van der Waals surface area contributed by atoms with E-state index >= 15 is 0 Å². The van der Waals surface area contributed by atoms with Crippen molar-refractivity contribution in [1.29, 1.82) is 0 Å². The number of nitrogens with one attached hydrogen (secondary N) is 1. The summed E-state index contributed by atoms with van der Waals surface area (Å²) in [6.45, 7) is 3.89. The van der Waals surface area contributed by atoms with Crippen molar-refractivity contribution in [2.45, 2.75) is 31.4 Å². The van der Waals surface area contributed by atoms with Crippen LogP contribution in [0, 0.1) is 6.92 Å². The Morgan fingerprint density at radius 3 is 2.40 bits per heavy atom. The quantitative estimate of drug-likeness (QED) is 0.892. The third-order valence-electron chi connectivity index (χ3n) is 3.06. The van der Waals surface area contributed by atoms with Crippen molar-refractivity contribution >= 4 is 21.4 Å². The lowest BCUT2D eigenvalue weighted by Crippen LogP contribution is -2.23. The molecule has 0 aliphatic rings. The van der Waals surface area contributed by atoms with Gasteiger partial charge in [0.15, 0.2) is 0 Å². The van der Waals surface area contributed by atoms with Crippen LogP contribution in [-0.4, -0.2) is 13.5 Å². The molecule has 20 heavy (non-hydrogen) atoms. The number of thiophene rings is 1. The summed E-state index contributed by atoms with van der Waals surface area (Å²) in [6, 6.07) is 8.22. The minimum absolute atomic E-state index is 0.205. The van der Waals surface area contributed by atoms with Gasteiger partial charge in [0.1, 0.15) is 0 Å². The molecule has 2 aromatic rings. The molecule has 0 amide bonds. The maximum atomic E-state index is 12.2. The highest BCUT2D eigenvalue weighted by Crippen LogP contribution is 2.18. The van der Waals surface area contributed by atoms with Gasteiger partial charge in [-0.15, -0.1) is 11.3 Å². The summed E-state index contributed by atoms with van der Waals surface area (Å²) in [6.07, 6.45) is -0.603. The van der Waals surface area contributed by atoms with Gasteiger partial charge in [0, 0.05) is 11.4 Å². The van der Waals surface area contributed by atoms with Crippen LogP contribution in [0.4, 0.5) is 0 Å². The van der Waals surface area contributed by atoms with Crippen molar-refractivity contribution in [3.05, 3.63) is 51.7 Å². The molecule has 0 bridgehead atoms. The highest BCUT2D eigenvalue weighted by molar-refractivity contribution is 7.89. The first-order valence-corrected chi connectivity index (χ1v) is 8.57. The van der Waals surface area contributed by atoms with Crippen molar-refractivity contribution in [3.8, 4) is 0 Å². The van der Waals surface area contributed by atoms with E-state index in [-0.39, 0.29) is 4.90 Å². The van der Waals surface area contributed by atoms with E-state index in [1.165, 1.54) is 23.5 Å². The predicted molar refractivity (Wildman–Crippen MR) is 80.2 cm³/mol. The predicted octanol–water partition coefficient (Wildman–Crippen LogP) is 2.59. The monoisotopic (exact) mass is 311 g/mol. The van der Waals surface area contributed by atoms with E-state index in [2.05, 4.69) is 4.72 Å². The molecule has 0 spiro atoms. The maximum absolute atomic E-state index is 12.2. The lowest BCUT2D eigenvalue weighted by Gasteiger charge is -2.08. The van der Waals surface area contributed by atoms with Crippen molar-refractivity contribution in [2.24, 2.45) is 0 Å². The van der Waals surface area contributed by atoms with E-state index in [1.807, 2.05) is 18.4 Å². The molecular weight excluding hydrogens is 294 g/mol. The first kappa shape index (κ1) is 15.2. The summed E-state index contributed by atoms with van der Waals surface area (Å²) < 4.78 is 26.9. The van der Waals surface area contributed by atoms with Crippen LogP contribution in [-0.2, 0) is 16.6 Å². The second-order valence-electron chi connectivity index (χ2n) is 4.60. The Balaban J connectivity index is 2.12. The largest absolute Gasteiger partial charge is 0.389 e. The van der Waals surface area contributed by atoms with E-state index in [1.54, 1.807) is 19.1 Å². The Hall–Kier alpha value is -1.21. The minimum atomic E-state index is -3.52. The third kappa shape index (κ3) is 3.46. The van der Waals surface area contributed by atoms with E-state index in [9.17, 15) is 13.5 Å². The number of sulfonamides is 1. The number of aliphatic hydroxyl groups excluding tert-OH is 1. The van der Waals surface area contributed by atoms with E-state index in [0.717, 1.165) is 10.4 Å². The lowest BCUT2D eigenvalue weighted by atomic mass is 10.1. The first-order valence-electron chi connectivity index (χ1n) is 6.21. The molecule has 4 nitrogen and oxygen atoms in total. The van der Waals surface area contributed by atoms with Gasteiger partial charge in [0.05, 0.1) is 11.0 Å². The average Bonchev–Trinajstić information content (AvgIpc) is 2.82. The zero-order chi connectivity index (χ0) is 14.8. The fourth-order valence-corrected chi connectivity index (χ4v) is 3.69. The van der Waals surface area contributed by atoms with E-state index in [0.29, 0.717) is 12.1 Å². The first-order chi connectivity index (χ1) is 9.40. The molecule has 1 atom stereocenters. The normalized spacial score (nSPS) is 13.3. The van der Waals surface area contributed by atoms with Gasteiger partial charge < -0.3 is 5.11 Å². The summed E-state index contributed by atoms with van der Waals surface area (Å²) in [4.78, 5) is 1.21. The molecule has 6 heteroatoms. The molecule has 1 aromatic carbocycles. The second kappa shape index (κ2) is 6.05. The molecule has 0 aliphatic heterocycles. The molecule has 0 radical (unpaired) electrons. The van der Waals surface area contributed by atoms with Crippen molar-refractivity contribution in [2.75, 3.05) is 0 Å².